The number of hydrogen-bond acceptors (Lipinski definition) is 6. The fourth-order valence-electron chi connectivity index (χ4n) is 1.95. The van der Waals surface area contributed by atoms with Crippen LogP contribution in [0.5, 0.6) is 17.2 Å². The average molecular weight is 292 g/mol. The Labute approximate surface area is 121 Å². The van der Waals surface area contributed by atoms with Crippen LogP contribution in [-0.4, -0.2) is 32.2 Å². The third kappa shape index (κ3) is 2.62. The number of aromatic nitrogens is 1. The number of oxazole rings is 1. The molecule has 1 aromatic carbocycles. The molecule has 2 aromatic rings. The summed E-state index contributed by atoms with van der Waals surface area (Å²) in [6.07, 6.45) is 0. The first-order valence-electron chi connectivity index (χ1n) is 6.09. The molecule has 0 aliphatic rings. The summed E-state index contributed by atoms with van der Waals surface area (Å²) in [5.41, 5.74) is 5.91. The van der Waals surface area contributed by atoms with Crippen LogP contribution in [0, 0.1) is 6.92 Å². The van der Waals surface area contributed by atoms with E-state index in [-0.39, 0.29) is 11.6 Å². The summed E-state index contributed by atoms with van der Waals surface area (Å²) in [6, 6.07) is 3.36. The van der Waals surface area contributed by atoms with Gasteiger partial charge in [-0.25, -0.2) is 4.98 Å². The maximum atomic E-state index is 11.2. The summed E-state index contributed by atoms with van der Waals surface area (Å²) in [4.78, 5) is 15.3. The molecule has 21 heavy (non-hydrogen) atoms. The van der Waals surface area contributed by atoms with Crippen molar-refractivity contribution in [3.05, 3.63) is 23.6 Å². The Balaban J connectivity index is 2.59. The number of nitrogens with two attached hydrogens (primary N) is 1. The molecule has 1 amide bonds. The van der Waals surface area contributed by atoms with E-state index in [1.165, 1.54) is 21.3 Å². The predicted molar refractivity (Wildman–Crippen MR) is 74.8 cm³/mol. The molecule has 0 fully saturated rings. The van der Waals surface area contributed by atoms with Crippen molar-refractivity contribution in [2.45, 2.75) is 6.92 Å². The van der Waals surface area contributed by atoms with Crippen molar-refractivity contribution in [1.82, 2.24) is 4.98 Å². The third-order valence-corrected chi connectivity index (χ3v) is 2.94. The molecule has 0 bridgehead atoms. The molecule has 7 heteroatoms. The fraction of sp³-hybridized carbons (Fsp3) is 0.286. The van der Waals surface area contributed by atoms with Gasteiger partial charge in [-0.05, 0) is 19.1 Å². The monoisotopic (exact) mass is 292 g/mol. The van der Waals surface area contributed by atoms with Crippen LogP contribution < -0.4 is 19.9 Å². The molecule has 0 unspecified atom stereocenters. The highest BCUT2D eigenvalue weighted by atomic mass is 16.5. The molecule has 1 aromatic heterocycles. The zero-order valence-electron chi connectivity index (χ0n) is 12.2. The lowest BCUT2D eigenvalue weighted by atomic mass is 10.2. The number of nitrogens with zero attached hydrogens (tertiary/aromatic N) is 1. The lowest BCUT2D eigenvalue weighted by Gasteiger charge is -2.12. The Bertz CT molecular complexity index is 653. The van der Waals surface area contributed by atoms with Crippen LogP contribution in [0.4, 0.5) is 0 Å². The number of aryl methyl sites for hydroxylation is 1. The summed E-state index contributed by atoms with van der Waals surface area (Å²) < 4.78 is 21.2. The van der Waals surface area contributed by atoms with Gasteiger partial charge >= 0.3 is 0 Å². The van der Waals surface area contributed by atoms with Gasteiger partial charge in [-0.1, -0.05) is 0 Å². The smallest absolute Gasteiger partial charge is 0.270 e. The van der Waals surface area contributed by atoms with Crippen LogP contribution in [0.2, 0.25) is 0 Å². The van der Waals surface area contributed by atoms with Gasteiger partial charge < -0.3 is 24.4 Å². The van der Waals surface area contributed by atoms with Gasteiger partial charge in [0.15, 0.2) is 17.2 Å². The minimum absolute atomic E-state index is 0.0961. The quantitative estimate of drug-likeness (QED) is 0.902. The molecule has 112 valence electrons. The summed E-state index contributed by atoms with van der Waals surface area (Å²) in [5, 5.41) is 0. The molecule has 0 atom stereocenters. The van der Waals surface area contributed by atoms with Gasteiger partial charge in [0.25, 0.3) is 5.91 Å². The molecular formula is C14H16N2O5. The highest BCUT2D eigenvalue weighted by Crippen LogP contribution is 2.41. The molecule has 1 heterocycles. The molecule has 0 aliphatic heterocycles. The van der Waals surface area contributed by atoms with E-state index in [4.69, 9.17) is 24.4 Å². The van der Waals surface area contributed by atoms with Crippen molar-refractivity contribution in [2.24, 2.45) is 5.73 Å². The van der Waals surface area contributed by atoms with E-state index in [0.717, 1.165) is 0 Å². The molecule has 0 radical (unpaired) electrons. The topological polar surface area (TPSA) is 96.8 Å². The van der Waals surface area contributed by atoms with Gasteiger partial charge in [0, 0.05) is 5.56 Å². The standard InChI is InChI=1S/C14H16N2O5/c1-7-11(13(15)17)16-14(21-7)8-5-9(18-2)12(20-4)10(6-8)19-3/h5-6H,1-4H3,(H2,15,17). The first-order valence-corrected chi connectivity index (χ1v) is 6.09. The average Bonchev–Trinajstić information content (AvgIpc) is 2.87. The lowest BCUT2D eigenvalue weighted by Crippen LogP contribution is -2.12. The molecule has 0 saturated heterocycles. The van der Waals surface area contributed by atoms with Crippen LogP contribution in [0.25, 0.3) is 11.5 Å². The highest BCUT2D eigenvalue weighted by molar-refractivity contribution is 5.92. The van der Waals surface area contributed by atoms with Gasteiger partial charge in [0.2, 0.25) is 11.6 Å². The van der Waals surface area contributed by atoms with Crippen LogP contribution in [0.3, 0.4) is 0 Å². The molecule has 2 N–H and O–H groups in total. The Morgan fingerprint density at radius 2 is 1.71 bits per heavy atom. The molecule has 0 saturated carbocycles. The van der Waals surface area contributed by atoms with Crippen LogP contribution in [-0.2, 0) is 0 Å². The Hall–Kier alpha value is -2.70. The number of carbonyl (C=O) groups is 1. The highest BCUT2D eigenvalue weighted by Gasteiger charge is 2.19. The second kappa shape index (κ2) is 5.74. The SMILES string of the molecule is COc1cc(-c2nc(C(N)=O)c(C)o2)cc(OC)c1OC. The predicted octanol–water partition coefficient (Wildman–Crippen LogP) is 1.77. The van der Waals surface area contributed by atoms with E-state index in [1.54, 1.807) is 19.1 Å². The van der Waals surface area contributed by atoms with Crippen molar-refractivity contribution in [2.75, 3.05) is 21.3 Å². The Morgan fingerprint density at radius 3 is 2.10 bits per heavy atom. The summed E-state index contributed by atoms with van der Waals surface area (Å²) in [5.74, 6) is 1.34. The van der Waals surface area contributed by atoms with Gasteiger partial charge in [-0.2, -0.15) is 0 Å². The van der Waals surface area contributed by atoms with Crippen molar-refractivity contribution in [3.63, 3.8) is 0 Å². The van der Waals surface area contributed by atoms with Crippen molar-refractivity contribution < 1.29 is 23.4 Å². The number of primary amides is 1. The summed E-state index contributed by atoms with van der Waals surface area (Å²) in [7, 11) is 4.54. The van der Waals surface area contributed by atoms with E-state index in [9.17, 15) is 4.79 Å². The maximum Gasteiger partial charge on any atom is 0.270 e. The minimum atomic E-state index is -0.644. The van der Waals surface area contributed by atoms with E-state index in [2.05, 4.69) is 4.98 Å². The number of rotatable bonds is 5. The van der Waals surface area contributed by atoms with Gasteiger partial charge in [0.05, 0.1) is 21.3 Å². The number of ether oxygens (including phenoxy) is 3. The normalized spacial score (nSPS) is 10.3. The number of hydrogen-bond donors (Lipinski definition) is 1. The second-order valence-corrected chi connectivity index (χ2v) is 4.20. The van der Waals surface area contributed by atoms with Crippen molar-refractivity contribution in [3.8, 4) is 28.7 Å². The Kier molecular flexibility index (Phi) is 4.02. The van der Waals surface area contributed by atoms with Crippen LogP contribution in [0.15, 0.2) is 16.5 Å². The number of methoxy groups -OCH3 is 3. The molecule has 2 rings (SSSR count). The molecule has 0 aliphatic carbocycles. The molecular weight excluding hydrogens is 276 g/mol. The minimum Gasteiger partial charge on any atom is -0.493 e. The number of benzene rings is 1. The van der Waals surface area contributed by atoms with E-state index < -0.39 is 5.91 Å². The van der Waals surface area contributed by atoms with Crippen LogP contribution in [0.1, 0.15) is 16.2 Å². The zero-order valence-corrected chi connectivity index (χ0v) is 12.2. The second-order valence-electron chi connectivity index (χ2n) is 4.20. The maximum absolute atomic E-state index is 11.2. The van der Waals surface area contributed by atoms with Gasteiger partial charge in [0.1, 0.15) is 5.76 Å². The fourth-order valence-corrected chi connectivity index (χ4v) is 1.95. The van der Waals surface area contributed by atoms with Crippen LogP contribution >= 0.6 is 0 Å². The van der Waals surface area contributed by atoms with Gasteiger partial charge in [-0.3, -0.25) is 4.79 Å². The lowest BCUT2D eigenvalue weighted by molar-refractivity contribution is 0.0994. The number of carbonyl (C=O) groups excluding carboxylic acids is 1. The van der Waals surface area contributed by atoms with Gasteiger partial charge in [-0.15, -0.1) is 0 Å². The Morgan fingerprint density at radius 1 is 1.14 bits per heavy atom. The molecule has 7 nitrogen and oxygen atoms in total. The third-order valence-electron chi connectivity index (χ3n) is 2.94. The van der Waals surface area contributed by atoms with Crippen molar-refractivity contribution >= 4 is 5.91 Å². The number of amides is 1. The van der Waals surface area contributed by atoms with E-state index in [0.29, 0.717) is 28.6 Å². The molecule has 0 spiro atoms. The summed E-state index contributed by atoms with van der Waals surface area (Å²) >= 11 is 0. The van der Waals surface area contributed by atoms with E-state index in [1.807, 2.05) is 0 Å². The first-order chi connectivity index (χ1) is 10.0. The summed E-state index contributed by atoms with van der Waals surface area (Å²) in [6.45, 7) is 1.62. The van der Waals surface area contributed by atoms with E-state index >= 15 is 0 Å². The largest absolute Gasteiger partial charge is 0.493 e. The zero-order chi connectivity index (χ0) is 15.6. The first kappa shape index (κ1) is 14.7. The van der Waals surface area contributed by atoms with Crippen molar-refractivity contribution in [1.29, 1.82) is 0 Å².